The highest BCUT2D eigenvalue weighted by Gasteiger charge is 2.22. The molecule has 124 valence electrons. The second kappa shape index (κ2) is 6.97. The van der Waals surface area contributed by atoms with Gasteiger partial charge in [-0.05, 0) is 54.1 Å². The Bertz CT molecular complexity index is 815. The van der Waals surface area contributed by atoms with Gasteiger partial charge in [-0.2, -0.15) is 8.75 Å². The zero-order valence-electron chi connectivity index (χ0n) is 13.6. The number of benzene rings is 2. The third kappa shape index (κ3) is 3.48. The topological polar surface area (TPSA) is 49.2 Å². The lowest BCUT2D eigenvalue weighted by molar-refractivity contribution is 0.282. The summed E-state index contributed by atoms with van der Waals surface area (Å²) in [7, 11) is 0. The van der Waals surface area contributed by atoms with Gasteiger partial charge in [0.25, 0.3) is 0 Å². The van der Waals surface area contributed by atoms with Crippen molar-refractivity contribution in [3.63, 3.8) is 0 Å². The van der Waals surface area contributed by atoms with E-state index in [4.69, 9.17) is 5.11 Å². The quantitative estimate of drug-likeness (QED) is 0.775. The number of nitrogens with zero attached hydrogens (tertiary/aromatic N) is 3. The molecule has 24 heavy (non-hydrogen) atoms. The van der Waals surface area contributed by atoms with E-state index in [0.29, 0.717) is 0 Å². The van der Waals surface area contributed by atoms with Crippen LogP contribution in [0, 0.1) is 5.92 Å². The number of likely N-dealkylation sites (tertiary alicyclic amines) is 1. The van der Waals surface area contributed by atoms with Crippen LogP contribution in [0.3, 0.4) is 0 Å². The Balaban J connectivity index is 1.35. The van der Waals surface area contributed by atoms with Crippen molar-refractivity contribution in [1.29, 1.82) is 0 Å². The van der Waals surface area contributed by atoms with Crippen molar-refractivity contribution in [2.45, 2.75) is 26.0 Å². The van der Waals surface area contributed by atoms with Crippen molar-refractivity contribution < 1.29 is 5.11 Å². The summed E-state index contributed by atoms with van der Waals surface area (Å²) in [6, 6.07) is 14.8. The average molecular weight is 339 g/mol. The van der Waals surface area contributed by atoms with E-state index >= 15 is 0 Å². The van der Waals surface area contributed by atoms with E-state index in [1.165, 1.54) is 29.3 Å². The molecule has 0 spiro atoms. The molecular weight excluding hydrogens is 318 g/mol. The van der Waals surface area contributed by atoms with Crippen molar-refractivity contribution in [2.75, 3.05) is 13.1 Å². The molecule has 1 aliphatic rings. The standard InChI is InChI=1S/C19H21N3OS/c23-13-15-3-1-14(2-4-15)9-17-7-8-22(12-17)11-16-5-6-18-19(10-16)21-24-20-18/h1-6,10,17,23H,7-9,11-13H2/t17-/m0/s1. The van der Waals surface area contributed by atoms with Crippen LogP contribution in [0.4, 0.5) is 0 Å². The second-order valence-corrected chi connectivity index (χ2v) is 7.18. The number of aliphatic hydroxyl groups excluding tert-OH is 1. The predicted octanol–water partition coefficient (Wildman–Crippen LogP) is 3.25. The normalized spacial score (nSPS) is 18.5. The molecule has 1 aliphatic heterocycles. The van der Waals surface area contributed by atoms with Crippen LogP contribution in [0.5, 0.6) is 0 Å². The molecule has 0 aliphatic carbocycles. The molecule has 2 aromatic carbocycles. The van der Waals surface area contributed by atoms with Crippen molar-refractivity contribution in [1.82, 2.24) is 13.6 Å². The molecule has 0 amide bonds. The molecule has 1 fully saturated rings. The van der Waals surface area contributed by atoms with Crippen molar-refractivity contribution >= 4 is 22.8 Å². The van der Waals surface area contributed by atoms with E-state index in [0.717, 1.165) is 48.6 Å². The maximum Gasteiger partial charge on any atom is 0.105 e. The van der Waals surface area contributed by atoms with Gasteiger partial charge in [-0.25, -0.2) is 0 Å². The molecule has 1 atom stereocenters. The molecule has 0 radical (unpaired) electrons. The van der Waals surface area contributed by atoms with E-state index in [9.17, 15) is 0 Å². The Morgan fingerprint density at radius 3 is 2.58 bits per heavy atom. The summed E-state index contributed by atoms with van der Waals surface area (Å²) in [5, 5.41) is 9.13. The minimum atomic E-state index is 0.121. The van der Waals surface area contributed by atoms with Crippen LogP contribution in [-0.4, -0.2) is 31.8 Å². The fourth-order valence-corrected chi connectivity index (χ4v) is 4.04. The first-order valence-electron chi connectivity index (χ1n) is 8.42. The largest absolute Gasteiger partial charge is 0.392 e. The number of fused-ring (bicyclic) bond motifs is 1. The second-order valence-electron chi connectivity index (χ2n) is 6.66. The van der Waals surface area contributed by atoms with E-state index < -0.39 is 0 Å². The van der Waals surface area contributed by atoms with Gasteiger partial charge in [0.15, 0.2) is 0 Å². The number of rotatable bonds is 5. The Morgan fingerprint density at radius 1 is 1.00 bits per heavy atom. The van der Waals surface area contributed by atoms with E-state index in [1.807, 2.05) is 12.1 Å². The molecule has 5 heteroatoms. The van der Waals surface area contributed by atoms with E-state index in [1.54, 1.807) is 0 Å². The first-order chi connectivity index (χ1) is 11.8. The van der Waals surface area contributed by atoms with Gasteiger partial charge < -0.3 is 5.11 Å². The summed E-state index contributed by atoms with van der Waals surface area (Å²) >= 11 is 1.28. The summed E-state index contributed by atoms with van der Waals surface area (Å²) in [5.74, 6) is 0.717. The summed E-state index contributed by atoms with van der Waals surface area (Å²) in [6.45, 7) is 3.42. The van der Waals surface area contributed by atoms with Crippen LogP contribution in [-0.2, 0) is 19.6 Å². The summed E-state index contributed by atoms with van der Waals surface area (Å²) in [6.07, 6.45) is 2.37. The Hall–Kier alpha value is -1.82. The highest BCUT2D eigenvalue weighted by Crippen LogP contribution is 2.23. The third-order valence-corrected chi connectivity index (χ3v) is 5.38. The lowest BCUT2D eigenvalue weighted by Gasteiger charge is -2.16. The van der Waals surface area contributed by atoms with Gasteiger partial charge in [0.05, 0.1) is 18.3 Å². The van der Waals surface area contributed by atoms with E-state index in [-0.39, 0.29) is 6.61 Å². The lowest BCUT2D eigenvalue weighted by atomic mass is 9.98. The highest BCUT2D eigenvalue weighted by molar-refractivity contribution is 7.00. The molecule has 0 saturated carbocycles. The molecule has 4 nitrogen and oxygen atoms in total. The van der Waals surface area contributed by atoms with Crippen LogP contribution in [0.2, 0.25) is 0 Å². The molecule has 1 aromatic heterocycles. The van der Waals surface area contributed by atoms with Crippen LogP contribution in [0.15, 0.2) is 42.5 Å². The zero-order valence-corrected chi connectivity index (χ0v) is 14.4. The maximum atomic E-state index is 9.13. The SMILES string of the molecule is OCc1ccc(C[C@@H]2CCN(Cc3ccc4nsnc4c3)C2)cc1. The minimum Gasteiger partial charge on any atom is -0.392 e. The van der Waals surface area contributed by atoms with Gasteiger partial charge in [-0.3, -0.25) is 4.90 Å². The monoisotopic (exact) mass is 339 g/mol. The molecule has 3 aromatic rings. The van der Waals surface area contributed by atoms with Crippen LogP contribution in [0.25, 0.3) is 11.0 Å². The van der Waals surface area contributed by atoms with Crippen LogP contribution < -0.4 is 0 Å². The molecule has 1 N–H and O–H groups in total. The van der Waals surface area contributed by atoms with E-state index in [2.05, 4.69) is 44.0 Å². The van der Waals surface area contributed by atoms with Gasteiger partial charge in [0, 0.05) is 13.1 Å². The molecule has 2 heterocycles. The number of aromatic nitrogens is 2. The molecular formula is C19H21N3OS. The predicted molar refractivity (Wildman–Crippen MR) is 96.9 cm³/mol. The summed E-state index contributed by atoms with van der Waals surface area (Å²) < 4.78 is 8.60. The fraction of sp³-hybridized carbons (Fsp3) is 0.368. The zero-order chi connectivity index (χ0) is 16.4. The first-order valence-corrected chi connectivity index (χ1v) is 9.15. The summed E-state index contributed by atoms with van der Waals surface area (Å²) in [5.41, 5.74) is 5.68. The smallest absolute Gasteiger partial charge is 0.105 e. The molecule has 0 unspecified atom stereocenters. The molecule has 0 bridgehead atoms. The number of hydrogen-bond donors (Lipinski definition) is 1. The van der Waals surface area contributed by atoms with Crippen LogP contribution >= 0.6 is 11.7 Å². The first kappa shape index (κ1) is 15.7. The average Bonchev–Trinajstić information content (AvgIpc) is 3.24. The van der Waals surface area contributed by atoms with Gasteiger partial charge in [0.2, 0.25) is 0 Å². The van der Waals surface area contributed by atoms with Gasteiger partial charge >= 0.3 is 0 Å². The van der Waals surface area contributed by atoms with Crippen molar-refractivity contribution in [2.24, 2.45) is 5.92 Å². The van der Waals surface area contributed by atoms with Crippen LogP contribution in [0.1, 0.15) is 23.1 Å². The van der Waals surface area contributed by atoms with Gasteiger partial charge in [-0.15, -0.1) is 0 Å². The molecule has 1 saturated heterocycles. The van der Waals surface area contributed by atoms with Crippen molar-refractivity contribution in [3.05, 3.63) is 59.2 Å². The van der Waals surface area contributed by atoms with Gasteiger partial charge in [-0.1, -0.05) is 30.3 Å². The minimum absolute atomic E-state index is 0.121. The van der Waals surface area contributed by atoms with Crippen molar-refractivity contribution in [3.8, 4) is 0 Å². The Labute approximate surface area is 146 Å². The summed E-state index contributed by atoms with van der Waals surface area (Å²) in [4.78, 5) is 2.54. The fourth-order valence-electron chi connectivity index (χ4n) is 3.52. The Morgan fingerprint density at radius 2 is 1.75 bits per heavy atom. The highest BCUT2D eigenvalue weighted by atomic mass is 32.1. The lowest BCUT2D eigenvalue weighted by Crippen LogP contribution is -2.20. The maximum absolute atomic E-state index is 9.13. The molecule has 4 rings (SSSR count). The Kier molecular flexibility index (Phi) is 4.56. The third-order valence-electron chi connectivity index (χ3n) is 4.82. The number of hydrogen-bond acceptors (Lipinski definition) is 5. The number of aliphatic hydroxyl groups is 1. The van der Waals surface area contributed by atoms with Gasteiger partial charge in [0.1, 0.15) is 11.0 Å².